The van der Waals surface area contributed by atoms with E-state index in [9.17, 15) is 9.59 Å². The number of esters is 1. The third-order valence-corrected chi connectivity index (χ3v) is 3.18. The van der Waals surface area contributed by atoms with Crippen molar-refractivity contribution in [3.8, 4) is 0 Å². The van der Waals surface area contributed by atoms with Crippen LogP contribution in [0, 0.1) is 0 Å². The van der Waals surface area contributed by atoms with Gasteiger partial charge in [0.2, 0.25) is 5.91 Å². The normalized spacial score (nSPS) is 13.7. The minimum Gasteiger partial charge on any atom is -0.469 e. The van der Waals surface area contributed by atoms with E-state index in [1.54, 1.807) is 0 Å². The molecule has 0 aromatic heterocycles. The van der Waals surface area contributed by atoms with Crippen LogP contribution in [0.25, 0.3) is 0 Å². The molecule has 118 valence electrons. The van der Waals surface area contributed by atoms with Crippen molar-refractivity contribution < 1.29 is 19.1 Å². The smallest absolute Gasteiger partial charge is 0.305 e. The number of unbranched alkanes of at least 4 members (excludes halogenated alkanes) is 2. The SMILES string of the molecule is COC(=O)CCCCCNC(=O)COCC1=CCCC=C1. The summed E-state index contributed by atoms with van der Waals surface area (Å²) in [5.41, 5.74) is 1.14. The van der Waals surface area contributed by atoms with E-state index in [0.29, 0.717) is 19.6 Å². The van der Waals surface area contributed by atoms with Crippen molar-refractivity contribution in [2.45, 2.75) is 38.5 Å². The average Bonchev–Trinajstić information content (AvgIpc) is 2.51. The summed E-state index contributed by atoms with van der Waals surface area (Å²) in [6.07, 6.45) is 11.4. The van der Waals surface area contributed by atoms with E-state index >= 15 is 0 Å². The molecule has 0 bridgehead atoms. The molecule has 0 unspecified atom stereocenters. The lowest BCUT2D eigenvalue weighted by Crippen LogP contribution is -2.28. The highest BCUT2D eigenvalue weighted by Gasteiger charge is 2.03. The molecule has 1 N–H and O–H groups in total. The molecule has 0 aliphatic heterocycles. The summed E-state index contributed by atoms with van der Waals surface area (Å²) >= 11 is 0. The van der Waals surface area contributed by atoms with Crippen molar-refractivity contribution in [3.63, 3.8) is 0 Å². The van der Waals surface area contributed by atoms with Gasteiger partial charge >= 0.3 is 5.97 Å². The second-order valence-electron chi connectivity index (χ2n) is 4.99. The van der Waals surface area contributed by atoms with Crippen LogP contribution in [0.3, 0.4) is 0 Å². The van der Waals surface area contributed by atoms with Gasteiger partial charge in [0.1, 0.15) is 6.61 Å². The number of hydrogen-bond acceptors (Lipinski definition) is 4. The van der Waals surface area contributed by atoms with Crippen molar-refractivity contribution in [2.24, 2.45) is 0 Å². The standard InChI is InChI=1S/C16H25NO4/c1-20-16(19)10-6-3-7-11-17-15(18)13-21-12-14-8-4-2-5-9-14/h4,8-9H,2-3,5-7,10-13H2,1H3,(H,17,18). The van der Waals surface area contributed by atoms with Crippen LogP contribution in [0.2, 0.25) is 0 Å². The van der Waals surface area contributed by atoms with Gasteiger partial charge in [-0.05, 0) is 31.3 Å². The molecule has 5 heteroatoms. The van der Waals surface area contributed by atoms with E-state index < -0.39 is 0 Å². The molecular formula is C16H25NO4. The third-order valence-electron chi connectivity index (χ3n) is 3.18. The second-order valence-corrected chi connectivity index (χ2v) is 4.99. The van der Waals surface area contributed by atoms with Crippen LogP contribution in [-0.2, 0) is 19.1 Å². The first-order valence-corrected chi connectivity index (χ1v) is 7.49. The van der Waals surface area contributed by atoms with Crippen LogP contribution in [-0.4, -0.2) is 38.7 Å². The molecule has 21 heavy (non-hydrogen) atoms. The summed E-state index contributed by atoms with van der Waals surface area (Å²) in [5, 5.41) is 2.80. The predicted octanol–water partition coefficient (Wildman–Crippen LogP) is 2.13. The largest absolute Gasteiger partial charge is 0.469 e. The average molecular weight is 295 g/mol. The highest BCUT2D eigenvalue weighted by atomic mass is 16.5. The molecule has 1 rings (SSSR count). The fourth-order valence-corrected chi connectivity index (χ4v) is 1.99. The first-order chi connectivity index (χ1) is 10.2. The van der Waals surface area contributed by atoms with Crippen LogP contribution < -0.4 is 5.32 Å². The topological polar surface area (TPSA) is 64.6 Å². The van der Waals surface area contributed by atoms with Crippen LogP contribution in [0.15, 0.2) is 23.8 Å². The Balaban J connectivity index is 1.93. The van der Waals surface area contributed by atoms with Crippen molar-refractivity contribution in [1.29, 1.82) is 0 Å². The number of amides is 1. The lowest BCUT2D eigenvalue weighted by atomic mass is 10.1. The molecule has 0 radical (unpaired) electrons. The first kappa shape index (κ1) is 17.4. The van der Waals surface area contributed by atoms with Crippen molar-refractivity contribution in [2.75, 3.05) is 26.9 Å². The molecule has 0 fully saturated rings. The molecule has 1 aliphatic rings. The number of carbonyl (C=O) groups is 2. The minimum absolute atomic E-state index is 0.0906. The molecule has 0 aromatic carbocycles. The zero-order valence-corrected chi connectivity index (χ0v) is 12.7. The molecule has 0 atom stereocenters. The van der Waals surface area contributed by atoms with Crippen molar-refractivity contribution in [3.05, 3.63) is 23.8 Å². The van der Waals surface area contributed by atoms with Crippen LogP contribution in [0.5, 0.6) is 0 Å². The molecule has 1 aliphatic carbocycles. The van der Waals surface area contributed by atoms with E-state index in [1.807, 2.05) is 6.08 Å². The molecule has 0 heterocycles. The van der Waals surface area contributed by atoms with Gasteiger partial charge < -0.3 is 14.8 Å². The zero-order valence-electron chi connectivity index (χ0n) is 12.7. The van der Waals surface area contributed by atoms with E-state index in [1.165, 1.54) is 7.11 Å². The van der Waals surface area contributed by atoms with Gasteiger partial charge in [-0.25, -0.2) is 0 Å². The number of rotatable bonds is 10. The number of nitrogens with one attached hydrogen (secondary N) is 1. The Morgan fingerprint density at radius 2 is 2.10 bits per heavy atom. The summed E-state index contributed by atoms with van der Waals surface area (Å²) in [6, 6.07) is 0. The quantitative estimate of drug-likeness (QED) is 0.495. The summed E-state index contributed by atoms with van der Waals surface area (Å²) in [5.74, 6) is -0.276. The van der Waals surface area contributed by atoms with Crippen LogP contribution in [0.1, 0.15) is 38.5 Å². The van der Waals surface area contributed by atoms with Crippen LogP contribution >= 0.6 is 0 Å². The highest BCUT2D eigenvalue weighted by Crippen LogP contribution is 2.09. The number of methoxy groups -OCH3 is 1. The highest BCUT2D eigenvalue weighted by molar-refractivity contribution is 5.77. The summed E-state index contributed by atoms with van der Waals surface area (Å²) < 4.78 is 9.92. The Hall–Kier alpha value is -1.62. The molecule has 0 saturated heterocycles. The van der Waals surface area contributed by atoms with E-state index in [4.69, 9.17) is 4.74 Å². The number of ether oxygens (including phenoxy) is 2. The molecule has 1 amide bonds. The van der Waals surface area contributed by atoms with Gasteiger partial charge in [-0.3, -0.25) is 9.59 Å². The van der Waals surface area contributed by atoms with Gasteiger partial charge in [-0.2, -0.15) is 0 Å². The van der Waals surface area contributed by atoms with Crippen molar-refractivity contribution in [1.82, 2.24) is 5.32 Å². The van der Waals surface area contributed by atoms with Gasteiger partial charge in [0.15, 0.2) is 0 Å². The van der Waals surface area contributed by atoms with Gasteiger partial charge in [0.25, 0.3) is 0 Å². The summed E-state index contributed by atoms with van der Waals surface area (Å²) in [7, 11) is 1.39. The van der Waals surface area contributed by atoms with Gasteiger partial charge in [0.05, 0.1) is 13.7 Å². The second kappa shape index (κ2) is 11.1. The summed E-state index contributed by atoms with van der Waals surface area (Å²) in [4.78, 5) is 22.4. The first-order valence-electron chi connectivity index (χ1n) is 7.49. The maximum absolute atomic E-state index is 11.5. The molecular weight excluding hydrogens is 270 g/mol. The number of hydrogen-bond donors (Lipinski definition) is 1. The third kappa shape index (κ3) is 9.02. The Kier molecular flexibility index (Phi) is 9.20. The monoisotopic (exact) mass is 295 g/mol. The molecule has 5 nitrogen and oxygen atoms in total. The maximum Gasteiger partial charge on any atom is 0.305 e. The van der Waals surface area contributed by atoms with E-state index in [-0.39, 0.29) is 18.5 Å². The van der Waals surface area contributed by atoms with Gasteiger partial charge in [0, 0.05) is 13.0 Å². The van der Waals surface area contributed by atoms with Gasteiger partial charge in [-0.15, -0.1) is 0 Å². The zero-order chi connectivity index (χ0) is 15.3. The predicted molar refractivity (Wildman–Crippen MR) is 80.8 cm³/mol. The van der Waals surface area contributed by atoms with Gasteiger partial charge in [-0.1, -0.05) is 24.6 Å². The van der Waals surface area contributed by atoms with E-state index in [0.717, 1.165) is 37.7 Å². The Bertz CT molecular complexity index is 388. The number of allylic oxidation sites excluding steroid dienone is 2. The van der Waals surface area contributed by atoms with E-state index in [2.05, 4.69) is 22.2 Å². The fraction of sp³-hybridized carbons (Fsp3) is 0.625. The number of carbonyl (C=O) groups excluding carboxylic acids is 2. The lowest BCUT2D eigenvalue weighted by Gasteiger charge is -2.08. The minimum atomic E-state index is -0.182. The Morgan fingerprint density at radius 3 is 2.81 bits per heavy atom. The molecule has 0 aromatic rings. The Labute approximate surface area is 126 Å². The Morgan fingerprint density at radius 1 is 1.24 bits per heavy atom. The fourth-order valence-electron chi connectivity index (χ4n) is 1.99. The molecule has 0 spiro atoms. The lowest BCUT2D eigenvalue weighted by molar-refractivity contribution is -0.140. The van der Waals surface area contributed by atoms with Crippen LogP contribution in [0.4, 0.5) is 0 Å². The summed E-state index contributed by atoms with van der Waals surface area (Å²) in [6.45, 7) is 1.20. The van der Waals surface area contributed by atoms with Crippen molar-refractivity contribution >= 4 is 11.9 Å². The molecule has 0 saturated carbocycles. The maximum atomic E-state index is 11.5.